The van der Waals surface area contributed by atoms with Crippen LogP contribution in [0.3, 0.4) is 0 Å². The Balaban J connectivity index is 1.82. The zero-order valence-electron chi connectivity index (χ0n) is 11.1. The highest BCUT2D eigenvalue weighted by molar-refractivity contribution is 7.18. The fourth-order valence-corrected chi connectivity index (χ4v) is 3.60. The lowest BCUT2D eigenvalue weighted by Crippen LogP contribution is -2.31. The molecule has 1 aliphatic heterocycles. The second kappa shape index (κ2) is 4.18. The topological polar surface area (TPSA) is 24.9 Å². The summed E-state index contributed by atoms with van der Waals surface area (Å²) in [6, 6.07) is 16.6. The van der Waals surface area contributed by atoms with Crippen molar-refractivity contribution in [3.05, 3.63) is 65.2 Å². The lowest BCUT2D eigenvalue weighted by molar-refractivity contribution is 0.683. The van der Waals surface area contributed by atoms with Gasteiger partial charge in [-0.05, 0) is 30.7 Å². The highest BCUT2D eigenvalue weighted by Gasteiger charge is 2.30. The molecule has 0 saturated heterocycles. The van der Waals surface area contributed by atoms with Gasteiger partial charge in [0.25, 0.3) is 0 Å². The number of rotatable bonds is 1. The number of anilines is 1. The van der Waals surface area contributed by atoms with E-state index < -0.39 is 0 Å². The van der Waals surface area contributed by atoms with E-state index in [2.05, 4.69) is 66.9 Å². The first-order chi connectivity index (χ1) is 9.74. The molecule has 1 N–H and O–H groups in total. The molecule has 0 fully saturated rings. The molecule has 1 atom stereocenters. The summed E-state index contributed by atoms with van der Waals surface area (Å²) >= 11 is 1.75. The molecule has 1 unspecified atom stereocenters. The lowest BCUT2D eigenvalue weighted by Gasteiger charge is -2.30. The number of nitrogens with one attached hydrogen (secondary N) is 1. The predicted octanol–water partition coefficient (Wildman–Crippen LogP) is 4.65. The summed E-state index contributed by atoms with van der Waals surface area (Å²) in [5, 5.41) is 4.71. The van der Waals surface area contributed by atoms with Gasteiger partial charge in [-0.3, -0.25) is 0 Å². The molecule has 0 bridgehead atoms. The summed E-state index contributed by atoms with van der Waals surface area (Å²) < 4.78 is 1.23. The average molecular weight is 278 g/mol. The molecule has 2 aromatic carbocycles. The second-order valence-corrected chi connectivity index (χ2v) is 6.27. The van der Waals surface area contributed by atoms with Crippen molar-refractivity contribution >= 4 is 33.3 Å². The van der Waals surface area contributed by atoms with E-state index in [1.807, 2.05) is 6.07 Å². The van der Waals surface area contributed by atoms with Gasteiger partial charge in [0, 0.05) is 5.69 Å². The van der Waals surface area contributed by atoms with Crippen molar-refractivity contribution in [2.24, 2.45) is 0 Å². The Bertz CT molecular complexity index is 785. The maximum absolute atomic E-state index is 4.79. The molecule has 1 aliphatic rings. The van der Waals surface area contributed by atoms with E-state index in [0.717, 1.165) is 16.2 Å². The van der Waals surface area contributed by atoms with Crippen molar-refractivity contribution < 1.29 is 0 Å². The minimum Gasteiger partial charge on any atom is -0.370 e. The first kappa shape index (κ1) is 11.7. The van der Waals surface area contributed by atoms with Crippen LogP contribution in [0, 0.1) is 0 Å². The molecule has 20 heavy (non-hydrogen) atoms. The second-order valence-electron chi connectivity index (χ2n) is 5.23. The van der Waals surface area contributed by atoms with Crippen LogP contribution in [0.5, 0.6) is 0 Å². The smallest absolute Gasteiger partial charge is 0.123 e. The number of nitrogens with zero attached hydrogens (tertiary/aromatic N) is 1. The van der Waals surface area contributed by atoms with Gasteiger partial charge >= 0.3 is 0 Å². The molecule has 0 saturated carbocycles. The van der Waals surface area contributed by atoms with E-state index >= 15 is 0 Å². The Hall–Kier alpha value is -2.13. The van der Waals surface area contributed by atoms with Crippen LogP contribution in [-0.2, 0) is 5.54 Å². The summed E-state index contributed by atoms with van der Waals surface area (Å²) in [6.45, 7) is 2.18. The normalized spacial score (nSPS) is 20.6. The Morgan fingerprint density at radius 3 is 2.75 bits per heavy atom. The highest BCUT2D eigenvalue weighted by atomic mass is 32.1. The van der Waals surface area contributed by atoms with Crippen molar-refractivity contribution in [2.75, 3.05) is 5.32 Å². The first-order valence-corrected chi connectivity index (χ1v) is 7.49. The average Bonchev–Trinajstić information content (AvgIpc) is 2.92. The van der Waals surface area contributed by atoms with Crippen LogP contribution in [0.15, 0.2) is 54.6 Å². The summed E-state index contributed by atoms with van der Waals surface area (Å²) in [6.07, 6.45) is 4.38. The van der Waals surface area contributed by atoms with Crippen LogP contribution in [-0.4, -0.2) is 4.98 Å². The van der Waals surface area contributed by atoms with E-state index in [-0.39, 0.29) is 5.54 Å². The molecule has 0 radical (unpaired) electrons. The van der Waals surface area contributed by atoms with Crippen LogP contribution in [0.2, 0.25) is 0 Å². The summed E-state index contributed by atoms with van der Waals surface area (Å²) in [5.74, 6) is 0. The van der Waals surface area contributed by atoms with E-state index in [9.17, 15) is 0 Å². The molecular weight excluding hydrogens is 264 g/mol. The standard InChI is InChI=1S/C17H14N2S/c1-17(11-10-12-6-2-3-7-13(12)19-17)16-18-14-8-4-5-9-15(14)20-16/h2-11,19H,1H3. The van der Waals surface area contributed by atoms with Crippen molar-refractivity contribution in [2.45, 2.75) is 12.5 Å². The van der Waals surface area contributed by atoms with Gasteiger partial charge < -0.3 is 5.32 Å². The molecule has 2 nitrogen and oxygen atoms in total. The third-order valence-corrected chi connectivity index (χ3v) is 4.96. The van der Waals surface area contributed by atoms with Crippen molar-refractivity contribution in [3.63, 3.8) is 0 Å². The molecule has 0 amide bonds. The van der Waals surface area contributed by atoms with Crippen LogP contribution >= 0.6 is 11.3 Å². The molecular formula is C17H14N2S. The maximum atomic E-state index is 4.79. The highest BCUT2D eigenvalue weighted by Crippen LogP contribution is 2.38. The number of fused-ring (bicyclic) bond motifs is 2. The molecule has 0 aliphatic carbocycles. The Morgan fingerprint density at radius 2 is 1.85 bits per heavy atom. The Kier molecular flexibility index (Phi) is 2.44. The van der Waals surface area contributed by atoms with Gasteiger partial charge in [0.05, 0.1) is 10.2 Å². The zero-order valence-corrected chi connectivity index (χ0v) is 11.9. The van der Waals surface area contributed by atoms with Crippen molar-refractivity contribution in [1.82, 2.24) is 4.98 Å². The number of hydrogen-bond donors (Lipinski definition) is 1. The Morgan fingerprint density at radius 1 is 1.05 bits per heavy atom. The van der Waals surface area contributed by atoms with E-state index in [1.165, 1.54) is 10.3 Å². The molecule has 2 heterocycles. The molecule has 3 aromatic rings. The third kappa shape index (κ3) is 1.74. The van der Waals surface area contributed by atoms with Gasteiger partial charge in [0.2, 0.25) is 0 Å². The van der Waals surface area contributed by atoms with Gasteiger partial charge in [-0.2, -0.15) is 0 Å². The lowest BCUT2D eigenvalue weighted by atomic mass is 9.95. The number of aromatic nitrogens is 1. The quantitative estimate of drug-likeness (QED) is 0.701. The minimum atomic E-state index is -0.238. The van der Waals surface area contributed by atoms with Gasteiger partial charge in [0.1, 0.15) is 10.5 Å². The van der Waals surface area contributed by atoms with Crippen LogP contribution < -0.4 is 5.32 Å². The van der Waals surface area contributed by atoms with Crippen molar-refractivity contribution in [1.29, 1.82) is 0 Å². The zero-order chi connectivity index (χ0) is 13.6. The molecule has 0 spiro atoms. The number of para-hydroxylation sites is 2. The third-order valence-electron chi connectivity index (χ3n) is 3.69. The van der Waals surface area contributed by atoms with Crippen LogP contribution in [0.25, 0.3) is 16.3 Å². The number of thiazole rings is 1. The van der Waals surface area contributed by atoms with Gasteiger partial charge in [-0.15, -0.1) is 11.3 Å². The largest absolute Gasteiger partial charge is 0.370 e. The van der Waals surface area contributed by atoms with Crippen LogP contribution in [0.4, 0.5) is 5.69 Å². The SMILES string of the molecule is CC1(c2nc3ccccc3s2)C=Cc2ccccc2N1. The summed E-state index contributed by atoms with van der Waals surface area (Å²) in [7, 11) is 0. The Labute approximate surface area is 121 Å². The van der Waals surface area contributed by atoms with Crippen LogP contribution in [0.1, 0.15) is 17.5 Å². The first-order valence-electron chi connectivity index (χ1n) is 6.67. The van der Waals surface area contributed by atoms with Gasteiger partial charge in [0.15, 0.2) is 0 Å². The van der Waals surface area contributed by atoms with Crippen molar-refractivity contribution in [3.8, 4) is 0 Å². The molecule has 1 aromatic heterocycles. The maximum Gasteiger partial charge on any atom is 0.123 e. The fourth-order valence-electron chi connectivity index (χ4n) is 2.55. The van der Waals surface area contributed by atoms with E-state index in [0.29, 0.717) is 0 Å². The summed E-state index contributed by atoms with van der Waals surface area (Å²) in [4.78, 5) is 4.79. The fraction of sp³-hybridized carbons (Fsp3) is 0.118. The molecule has 4 rings (SSSR count). The summed E-state index contributed by atoms with van der Waals surface area (Å²) in [5.41, 5.74) is 3.23. The molecule has 3 heteroatoms. The number of hydrogen-bond acceptors (Lipinski definition) is 3. The molecule has 98 valence electrons. The monoisotopic (exact) mass is 278 g/mol. The van der Waals surface area contributed by atoms with E-state index in [1.54, 1.807) is 11.3 Å². The van der Waals surface area contributed by atoms with E-state index in [4.69, 9.17) is 4.98 Å². The minimum absolute atomic E-state index is 0.238. The van der Waals surface area contributed by atoms with Gasteiger partial charge in [-0.1, -0.05) is 42.5 Å². The predicted molar refractivity (Wildman–Crippen MR) is 86.1 cm³/mol. The number of benzene rings is 2. The van der Waals surface area contributed by atoms with Gasteiger partial charge in [-0.25, -0.2) is 4.98 Å².